The minimum absolute atomic E-state index is 0.0126. The number of rotatable bonds is 47. The van der Waals surface area contributed by atoms with Crippen LogP contribution in [-0.2, 0) is 14.3 Å². The first-order valence-electron chi connectivity index (χ1n) is 25.8. The first-order valence-corrected chi connectivity index (χ1v) is 25.8. The molecule has 6 heteroatoms. The first kappa shape index (κ1) is 57.1. The summed E-state index contributed by atoms with van der Waals surface area (Å²) < 4.78 is 5.46. The van der Waals surface area contributed by atoms with Crippen LogP contribution < -0.4 is 5.32 Å². The summed E-state index contributed by atoms with van der Waals surface area (Å²) in [5.41, 5.74) is 0. The van der Waals surface area contributed by atoms with Gasteiger partial charge in [-0.15, -0.1) is 0 Å². The fourth-order valence-electron chi connectivity index (χ4n) is 7.62. The first-order chi connectivity index (χ1) is 29.0. The number of ether oxygens (including phenoxy) is 1. The van der Waals surface area contributed by atoms with Gasteiger partial charge in [-0.05, 0) is 83.5 Å². The smallest absolute Gasteiger partial charge is 0.305 e. The summed E-state index contributed by atoms with van der Waals surface area (Å²) >= 11 is 0. The lowest BCUT2D eigenvalue weighted by Gasteiger charge is -2.20. The fourth-order valence-corrected chi connectivity index (χ4v) is 7.62. The number of nitrogens with one attached hydrogen (secondary N) is 1. The zero-order chi connectivity index (χ0) is 43.0. The number of carbonyl (C=O) groups excluding carboxylic acids is 2. The second kappa shape index (κ2) is 48.7. The predicted octanol–water partition coefficient (Wildman–Crippen LogP) is 15.3. The van der Waals surface area contributed by atoms with E-state index in [1.165, 1.54) is 173 Å². The number of unbranched alkanes of at least 4 members (excludes halogenated alkanes) is 32. The molecule has 0 saturated carbocycles. The molecule has 0 heterocycles. The van der Waals surface area contributed by atoms with Gasteiger partial charge in [-0.25, -0.2) is 0 Å². The van der Waals surface area contributed by atoms with E-state index in [2.05, 4.69) is 43.5 Å². The van der Waals surface area contributed by atoms with Crippen LogP contribution in [0.25, 0.3) is 0 Å². The molecule has 2 unspecified atom stereocenters. The minimum atomic E-state index is -0.853. The lowest BCUT2D eigenvalue weighted by molar-refractivity contribution is -0.143. The molecular formula is C53H99NO5. The molecule has 59 heavy (non-hydrogen) atoms. The monoisotopic (exact) mass is 830 g/mol. The van der Waals surface area contributed by atoms with Gasteiger partial charge in [0.1, 0.15) is 0 Å². The van der Waals surface area contributed by atoms with Crippen LogP contribution in [0.4, 0.5) is 0 Å². The van der Waals surface area contributed by atoms with Gasteiger partial charge in [0.25, 0.3) is 0 Å². The Labute approximate surface area is 366 Å². The maximum atomic E-state index is 12.4. The number of hydrogen-bond acceptors (Lipinski definition) is 5. The molecule has 1 amide bonds. The molecule has 0 radical (unpaired) electrons. The van der Waals surface area contributed by atoms with Gasteiger partial charge in [0.05, 0.1) is 25.4 Å². The average molecular weight is 830 g/mol. The average Bonchev–Trinajstić information content (AvgIpc) is 3.24. The van der Waals surface area contributed by atoms with Crippen molar-refractivity contribution in [1.29, 1.82) is 0 Å². The Hall–Kier alpha value is -1.92. The predicted molar refractivity (Wildman–Crippen MR) is 255 cm³/mol. The van der Waals surface area contributed by atoms with Crippen LogP contribution in [0.5, 0.6) is 0 Å². The number of allylic oxidation sites excluding steroid dienone is 5. The van der Waals surface area contributed by atoms with E-state index in [9.17, 15) is 19.8 Å². The number of aliphatic hydroxyl groups excluding tert-OH is 2. The summed E-state index contributed by atoms with van der Waals surface area (Å²) in [5, 5.41) is 22.9. The number of esters is 1. The molecule has 0 saturated heterocycles. The van der Waals surface area contributed by atoms with Crippen molar-refractivity contribution in [3.8, 4) is 0 Å². The molecule has 3 N–H and O–H groups in total. The molecule has 0 fully saturated rings. The van der Waals surface area contributed by atoms with E-state index >= 15 is 0 Å². The molecule has 0 aromatic rings. The van der Waals surface area contributed by atoms with E-state index in [0.717, 1.165) is 64.2 Å². The molecule has 0 bridgehead atoms. The lowest BCUT2D eigenvalue weighted by atomic mass is 10.1. The van der Waals surface area contributed by atoms with Gasteiger partial charge >= 0.3 is 5.97 Å². The molecule has 0 aromatic carbocycles. The van der Waals surface area contributed by atoms with Crippen molar-refractivity contribution in [3.63, 3.8) is 0 Å². The molecule has 0 rings (SSSR count). The van der Waals surface area contributed by atoms with Gasteiger partial charge in [0.2, 0.25) is 5.91 Å². The molecule has 0 aliphatic carbocycles. The number of carbonyl (C=O) groups is 2. The molecular weight excluding hydrogens is 731 g/mol. The summed E-state index contributed by atoms with van der Waals surface area (Å²) in [7, 11) is 0. The maximum absolute atomic E-state index is 12.4. The van der Waals surface area contributed by atoms with Crippen LogP contribution >= 0.6 is 0 Å². The van der Waals surface area contributed by atoms with E-state index in [-0.39, 0.29) is 18.5 Å². The molecule has 0 aromatic heterocycles. The zero-order valence-electron chi connectivity index (χ0n) is 39.2. The number of amides is 1. The Morgan fingerprint density at radius 1 is 0.458 bits per heavy atom. The van der Waals surface area contributed by atoms with Crippen molar-refractivity contribution >= 4 is 11.9 Å². The second-order valence-electron chi connectivity index (χ2n) is 17.5. The Morgan fingerprint density at radius 3 is 1.20 bits per heavy atom. The third-order valence-electron chi connectivity index (χ3n) is 11.6. The highest BCUT2D eigenvalue weighted by molar-refractivity contribution is 5.76. The summed E-state index contributed by atoms with van der Waals surface area (Å²) in [5.74, 6) is -0.100. The van der Waals surface area contributed by atoms with Gasteiger partial charge in [-0.2, -0.15) is 0 Å². The Kier molecular flexibility index (Phi) is 47.2. The zero-order valence-corrected chi connectivity index (χ0v) is 39.2. The van der Waals surface area contributed by atoms with Crippen LogP contribution in [0.3, 0.4) is 0 Å². The fraction of sp³-hybridized carbons (Fsp3) is 0.849. The summed E-state index contributed by atoms with van der Waals surface area (Å²) in [6.07, 6.45) is 58.6. The summed E-state index contributed by atoms with van der Waals surface area (Å²) in [6.45, 7) is 4.85. The molecule has 0 spiro atoms. The SMILES string of the molecule is CCCCCCCC/C=C\CCCCCCCC(=O)OCCCCCCCCC/C=C\CCCCCCCC(=O)NC(CO)C(O)/C=C/CCCCCCCCCCC. The van der Waals surface area contributed by atoms with Gasteiger partial charge in [0, 0.05) is 12.8 Å². The van der Waals surface area contributed by atoms with E-state index in [1.807, 2.05) is 6.08 Å². The van der Waals surface area contributed by atoms with Crippen molar-refractivity contribution in [2.45, 2.75) is 276 Å². The molecule has 6 nitrogen and oxygen atoms in total. The number of hydrogen-bond donors (Lipinski definition) is 3. The van der Waals surface area contributed by atoms with Gasteiger partial charge in [0.15, 0.2) is 0 Å². The molecule has 0 aliphatic heterocycles. The van der Waals surface area contributed by atoms with Crippen molar-refractivity contribution in [2.24, 2.45) is 0 Å². The van der Waals surface area contributed by atoms with Crippen molar-refractivity contribution in [1.82, 2.24) is 5.32 Å². The maximum Gasteiger partial charge on any atom is 0.305 e. The number of aliphatic hydroxyl groups is 2. The Morgan fingerprint density at radius 2 is 0.797 bits per heavy atom. The van der Waals surface area contributed by atoms with E-state index < -0.39 is 12.1 Å². The van der Waals surface area contributed by atoms with Crippen LogP contribution in [-0.4, -0.2) is 47.4 Å². The normalized spacial score (nSPS) is 12.9. The van der Waals surface area contributed by atoms with Crippen molar-refractivity contribution in [3.05, 3.63) is 36.5 Å². The highest BCUT2D eigenvalue weighted by atomic mass is 16.5. The lowest BCUT2D eigenvalue weighted by Crippen LogP contribution is -2.45. The molecule has 0 aliphatic rings. The van der Waals surface area contributed by atoms with Crippen LogP contribution in [0.15, 0.2) is 36.5 Å². The second-order valence-corrected chi connectivity index (χ2v) is 17.5. The van der Waals surface area contributed by atoms with Crippen LogP contribution in [0, 0.1) is 0 Å². The highest BCUT2D eigenvalue weighted by Crippen LogP contribution is 2.14. The quantitative estimate of drug-likeness (QED) is 0.0323. The van der Waals surface area contributed by atoms with Crippen LogP contribution in [0.2, 0.25) is 0 Å². The standard InChI is InChI=1S/C53H99NO5/c1-3-5-7-9-11-13-15-16-19-23-27-31-35-39-43-47-53(58)59-48-44-40-36-32-28-24-21-18-17-20-22-26-30-34-38-42-46-52(57)54-50(49-55)51(56)45-41-37-33-29-25-14-12-10-8-6-4-2/h16-17,19-20,41,45,50-51,55-56H,3-15,18,21-40,42-44,46-49H2,1-2H3,(H,54,57)/b19-16-,20-17-,45-41+. The van der Waals surface area contributed by atoms with Crippen LogP contribution in [0.1, 0.15) is 264 Å². The topological polar surface area (TPSA) is 95.9 Å². The van der Waals surface area contributed by atoms with Gasteiger partial charge in [-0.3, -0.25) is 9.59 Å². The van der Waals surface area contributed by atoms with E-state index in [0.29, 0.717) is 19.4 Å². The van der Waals surface area contributed by atoms with Gasteiger partial charge in [-0.1, -0.05) is 204 Å². The van der Waals surface area contributed by atoms with E-state index in [4.69, 9.17) is 4.74 Å². The summed E-state index contributed by atoms with van der Waals surface area (Å²) in [4.78, 5) is 24.4. The van der Waals surface area contributed by atoms with E-state index in [1.54, 1.807) is 6.08 Å². The third-order valence-corrected chi connectivity index (χ3v) is 11.6. The van der Waals surface area contributed by atoms with Crippen molar-refractivity contribution < 1.29 is 24.5 Å². The Balaban J connectivity index is 3.49. The van der Waals surface area contributed by atoms with Crippen molar-refractivity contribution in [2.75, 3.05) is 13.2 Å². The third kappa shape index (κ3) is 45.4. The summed E-state index contributed by atoms with van der Waals surface area (Å²) in [6, 6.07) is -0.639. The highest BCUT2D eigenvalue weighted by Gasteiger charge is 2.18. The molecule has 346 valence electrons. The Bertz CT molecular complexity index is 962. The minimum Gasteiger partial charge on any atom is -0.466 e. The largest absolute Gasteiger partial charge is 0.466 e. The molecule has 2 atom stereocenters. The van der Waals surface area contributed by atoms with Gasteiger partial charge < -0.3 is 20.3 Å².